The lowest BCUT2D eigenvalue weighted by Gasteiger charge is -2.07. The van der Waals surface area contributed by atoms with Crippen molar-refractivity contribution >= 4 is 30.3 Å². The van der Waals surface area contributed by atoms with Crippen LogP contribution in [0.2, 0.25) is 0 Å². The van der Waals surface area contributed by atoms with Crippen molar-refractivity contribution in [2.45, 2.75) is 0 Å². The van der Waals surface area contributed by atoms with Gasteiger partial charge in [0, 0.05) is 0 Å². The number of hydrogen-bond acceptors (Lipinski definition) is 1. The van der Waals surface area contributed by atoms with Gasteiger partial charge in [0.05, 0.1) is 5.56 Å². The van der Waals surface area contributed by atoms with Crippen molar-refractivity contribution in [3.63, 3.8) is 0 Å². The van der Waals surface area contributed by atoms with Crippen LogP contribution in [0.4, 0.5) is 4.39 Å². The minimum Gasteiger partial charge on any atom is -0.478 e. The largest absolute Gasteiger partial charge is 0.478 e. The number of rotatable bonds is 6. The van der Waals surface area contributed by atoms with E-state index in [2.05, 4.69) is 12.2 Å². The Morgan fingerprint density at radius 3 is 1.75 bits per heavy atom. The van der Waals surface area contributed by atoms with Gasteiger partial charge in [0.25, 0.3) is 0 Å². The molecule has 0 atom stereocenters. The van der Waals surface area contributed by atoms with Crippen LogP contribution in [0.25, 0.3) is 35.4 Å². The van der Waals surface area contributed by atoms with Crippen LogP contribution in [0.1, 0.15) is 32.6 Å². The van der Waals surface area contributed by atoms with Crippen LogP contribution in [-0.2, 0) is 0 Å². The van der Waals surface area contributed by atoms with Crippen molar-refractivity contribution in [1.82, 2.24) is 0 Å². The van der Waals surface area contributed by atoms with Gasteiger partial charge in [0.2, 0.25) is 0 Å². The van der Waals surface area contributed by atoms with E-state index in [4.69, 9.17) is 0 Å². The molecule has 0 bridgehead atoms. The molecule has 0 saturated heterocycles. The fourth-order valence-corrected chi connectivity index (χ4v) is 3.38. The molecule has 0 fully saturated rings. The Morgan fingerprint density at radius 2 is 1.16 bits per heavy atom. The van der Waals surface area contributed by atoms with E-state index in [0.29, 0.717) is 5.56 Å². The second kappa shape index (κ2) is 9.71. The number of carboxylic acids is 1. The maximum atomic E-state index is 13.2. The molecule has 0 aliphatic rings. The van der Waals surface area contributed by atoms with Crippen molar-refractivity contribution in [2.24, 2.45) is 0 Å². The molecule has 1 N–H and O–H groups in total. The third kappa shape index (κ3) is 5.27. The number of carbonyl (C=O) groups is 1. The Morgan fingerprint density at radius 1 is 0.625 bits per heavy atom. The Bertz CT molecular complexity index is 1270. The van der Waals surface area contributed by atoms with Gasteiger partial charge in [-0.05, 0) is 57.6 Å². The maximum absolute atomic E-state index is 13.2. The topological polar surface area (TPSA) is 37.3 Å². The average molecular weight is 420 g/mol. The van der Waals surface area contributed by atoms with Gasteiger partial charge in [0.15, 0.2) is 0 Å². The standard InChI is InChI=1S/C29H21FO2/c30-27-17-14-24(15-18-27)25-16-19-28(29(31)32)26(20-25)13-12-23-10-8-22(9-11-23)7-6-21-4-2-1-3-5-21/h1-20H,(H,31,32). The first kappa shape index (κ1) is 21.0. The van der Waals surface area contributed by atoms with Gasteiger partial charge in [-0.25, -0.2) is 9.18 Å². The molecule has 32 heavy (non-hydrogen) atoms. The summed E-state index contributed by atoms with van der Waals surface area (Å²) in [5.74, 6) is -1.30. The van der Waals surface area contributed by atoms with Crippen molar-refractivity contribution < 1.29 is 14.3 Å². The average Bonchev–Trinajstić information content (AvgIpc) is 2.83. The molecule has 0 aliphatic heterocycles. The molecule has 0 aromatic heterocycles. The first-order valence-electron chi connectivity index (χ1n) is 10.2. The second-order valence-corrected chi connectivity index (χ2v) is 7.36. The lowest BCUT2D eigenvalue weighted by atomic mass is 9.98. The normalized spacial score (nSPS) is 11.3. The molecular weight excluding hydrogens is 399 g/mol. The van der Waals surface area contributed by atoms with Crippen molar-refractivity contribution in [2.75, 3.05) is 0 Å². The number of hydrogen-bond donors (Lipinski definition) is 1. The molecule has 0 saturated carbocycles. The molecule has 4 aromatic rings. The summed E-state index contributed by atoms with van der Waals surface area (Å²) in [5.41, 5.74) is 5.64. The molecule has 0 aliphatic carbocycles. The second-order valence-electron chi connectivity index (χ2n) is 7.36. The molecule has 0 spiro atoms. The minimum absolute atomic E-state index is 0.217. The van der Waals surface area contributed by atoms with E-state index in [9.17, 15) is 14.3 Å². The van der Waals surface area contributed by atoms with Gasteiger partial charge in [0.1, 0.15) is 5.82 Å². The lowest BCUT2D eigenvalue weighted by molar-refractivity contribution is 0.0696. The summed E-state index contributed by atoms with van der Waals surface area (Å²) >= 11 is 0. The summed E-state index contributed by atoms with van der Waals surface area (Å²) in [6.07, 6.45) is 7.80. The summed E-state index contributed by atoms with van der Waals surface area (Å²) in [6.45, 7) is 0. The molecular formula is C29H21FO2. The fourth-order valence-electron chi connectivity index (χ4n) is 3.38. The zero-order valence-corrected chi connectivity index (χ0v) is 17.3. The smallest absolute Gasteiger partial charge is 0.336 e. The lowest BCUT2D eigenvalue weighted by Crippen LogP contribution is -1.99. The van der Waals surface area contributed by atoms with E-state index in [1.165, 1.54) is 12.1 Å². The van der Waals surface area contributed by atoms with Crippen molar-refractivity contribution in [3.8, 4) is 11.1 Å². The first-order chi connectivity index (χ1) is 15.6. The predicted molar refractivity (Wildman–Crippen MR) is 130 cm³/mol. The monoisotopic (exact) mass is 420 g/mol. The Kier molecular flexibility index (Phi) is 6.38. The first-order valence-corrected chi connectivity index (χ1v) is 10.2. The Labute approximate surface area is 186 Å². The van der Waals surface area contributed by atoms with E-state index >= 15 is 0 Å². The molecule has 4 aromatic carbocycles. The number of benzene rings is 4. The van der Waals surface area contributed by atoms with E-state index in [1.807, 2.05) is 66.7 Å². The number of aromatic carboxylic acids is 1. The van der Waals surface area contributed by atoms with Crippen LogP contribution in [-0.4, -0.2) is 11.1 Å². The molecule has 2 nitrogen and oxygen atoms in total. The summed E-state index contributed by atoms with van der Waals surface area (Å²) < 4.78 is 13.2. The summed E-state index contributed by atoms with van der Waals surface area (Å²) in [7, 11) is 0. The minimum atomic E-state index is -0.989. The number of carboxylic acid groups (broad SMARTS) is 1. The van der Waals surface area contributed by atoms with Crippen LogP contribution in [0.5, 0.6) is 0 Å². The number of halogens is 1. The molecule has 0 heterocycles. The Balaban J connectivity index is 1.56. The van der Waals surface area contributed by atoms with Crippen molar-refractivity contribution in [3.05, 3.63) is 131 Å². The van der Waals surface area contributed by atoms with E-state index < -0.39 is 5.97 Å². The highest BCUT2D eigenvalue weighted by Gasteiger charge is 2.10. The molecule has 4 rings (SSSR count). The van der Waals surface area contributed by atoms with Crippen LogP contribution < -0.4 is 0 Å². The van der Waals surface area contributed by atoms with E-state index in [-0.39, 0.29) is 11.4 Å². The van der Waals surface area contributed by atoms with E-state index in [1.54, 1.807) is 30.3 Å². The summed E-state index contributed by atoms with van der Waals surface area (Å²) in [6, 6.07) is 29.4. The summed E-state index contributed by atoms with van der Waals surface area (Å²) in [4.78, 5) is 11.7. The third-order valence-electron chi connectivity index (χ3n) is 5.12. The quantitative estimate of drug-likeness (QED) is 0.327. The highest BCUT2D eigenvalue weighted by molar-refractivity contribution is 5.94. The van der Waals surface area contributed by atoms with Crippen LogP contribution >= 0.6 is 0 Å². The highest BCUT2D eigenvalue weighted by atomic mass is 19.1. The molecule has 0 amide bonds. The molecule has 0 radical (unpaired) electrons. The zero-order valence-electron chi connectivity index (χ0n) is 17.3. The summed E-state index contributed by atoms with van der Waals surface area (Å²) in [5, 5.41) is 9.56. The van der Waals surface area contributed by atoms with Gasteiger partial charge in [-0.2, -0.15) is 0 Å². The predicted octanol–water partition coefficient (Wildman–Crippen LogP) is 7.53. The van der Waals surface area contributed by atoms with Gasteiger partial charge in [-0.1, -0.05) is 97.1 Å². The molecule has 0 unspecified atom stereocenters. The highest BCUT2D eigenvalue weighted by Crippen LogP contribution is 2.25. The van der Waals surface area contributed by atoms with E-state index in [0.717, 1.165) is 27.8 Å². The van der Waals surface area contributed by atoms with Crippen LogP contribution in [0.15, 0.2) is 97.1 Å². The van der Waals surface area contributed by atoms with Gasteiger partial charge >= 0.3 is 5.97 Å². The van der Waals surface area contributed by atoms with Gasteiger partial charge in [-0.15, -0.1) is 0 Å². The molecule has 3 heteroatoms. The van der Waals surface area contributed by atoms with Crippen molar-refractivity contribution in [1.29, 1.82) is 0 Å². The van der Waals surface area contributed by atoms with Gasteiger partial charge < -0.3 is 5.11 Å². The molecule has 156 valence electrons. The van der Waals surface area contributed by atoms with Crippen LogP contribution in [0, 0.1) is 5.82 Å². The Hall–Kier alpha value is -4.24. The fraction of sp³-hybridized carbons (Fsp3) is 0. The SMILES string of the molecule is O=C(O)c1ccc(-c2ccc(F)cc2)cc1C=Cc1ccc(C=Cc2ccccc2)cc1. The van der Waals surface area contributed by atoms with Crippen LogP contribution in [0.3, 0.4) is 0 Å². The zero-order chi connectivity index (χ0) is 22.3. The van der Waals surface area contributed by atoms with Gasteiger partial charge in [-0.3, -0.25) is 0 Å². The maximum Gasteiger partial charge on any atom is 0.336 e. The third-order valence-corrected chi connectivity index (χ3v) is 5.12.